The van der Waals surface area contributed by atoms with E-state index in [2.05, 4.69) is 10.2 Å². The summed E-state index contributed by atoms with van der Waals surface area (Å²) in [6.07, 6.45) is 3.15. The summed E-state index contributed by atoms with van der Waals surface area (Å²) in [5, 5.41) is 15.0. The van der Waals surface area contributed by atoms with E-state index in [-0.39, 0.29) is 12.0 Å². The maximum absolute atomic E-state index is 13.1. The van der Waals surface area contributed by atoms with Crippen molar-refractivity contribution in [2.45, 2.75) is 69.6 Å². The number of ether oxygens (including phenoxy) is 1. The van der Waals surface area contributed by atoms with Crippen LogP contribution in [0.4, 0.5) is 13.2 Å². The third kappa shape index (κ3) is 5.68. The van der Waals surface area contributed by atoms with E-state index in [0.29, 0.717) is 5.75 Å². The zero-order chi connectivity index (χ0) is 19.9. The molecular formula is C19H25F3N2O3. The van der Waals surface area contributed by atoms with Crippen LogP contribution in [0.3, 0.4) is 0 Å². The van der Waals surface area contributed by atoms with Crippen LogP contribution in [0.5, 0.6) is 5.75 Å². The van der Waals surface area contributed by atoms with Gasteiger partial charge in [-0.25, -0.2) is 0 Å². The van der Waals surface area contributed by atoms with Crippen LogP contribution >= 0.6 is 0 Å². The smallest absolute Gasteiger partial charge is 0.442 e. The van der Waals surface area contributed by atoms with Gasteiger partial charge in [0.1, 0.15) is 5.75 Å². The molecule has 0 amide bonds. The Bertz CT molecular complexity index is 669. The molecule has 150 valence electrons. The fourth-order valence-electron chi connectivity index (χ4n) is 3.09. The molecule has 27 heavy (non-hydrogen) atoms. The number of aliphatic carboxylic acids is 1. The predicted molar refractivity (Wildman–Crippen MR) is 93.9 cm³/mol. The average Bonchev–Trinajstić information content (AvgIpc) is 3.42. The van der Waals surface area contributed by atoms with Crippen LogP contribution in [-0.4, -0.2) is 24.4 Å². The Labute approximate surface area is 156 Å². The van der Waals surface area contributed by atoms with Crippen LogP contribution in [0.2, 0.25) is 0 Å². The van der Waals surface area contributed by atoms with Gasteiger partial charge in [0.25, 0.3) is 0 Å². The quantitative estimate of drug-likeness (QED) is 0.474. The molecule has 0 saturated carbocycles. The van der Waals surface area contributed by atoms with Crippen molar-refractivity contribution < 1.29 is 27.8 Å². The number of hydrogen-bond acceptors (Lipinski definition) is 4. The zero-order valence-corrected chi connectivity index (χ0v) is 15.4. The molecule has 0 saturated heterocycles. The standard InChI is InChI=1S/C19H25F3N2O3/c1-27-16-13-15(18(23-24-18)19(20,21)22)12-11-14(16)9-7-5-3-2-4-6-8-10-17(25)26/h11-13H,2-10H2,1H3,(H,25,26). The van der Waals surface area contributed by atoms with Gasteiger partial charge in [0, 0.05) is 12.0 Å². The van der Waals surface area contributed by atoms with Crippen molar-refractivity contribution in [3.8, 4) is 5.75 Å². The van der Waals surface area contributed by atoms with E-state index >= 15 is 0 Å². The number of halogens is 3. The maximum atomic E-state index is 13.1. The normalized spacial score (nSPS) is 15.0. The summed E-state index contributed by atoms with van der Waals surface area (Å²) in [6.45, 7) is 0. The Hall–Kier alpha value is -2.12. The van der Waals surface area contributed by atoms with Gasteiger partial charge in [-0.05, 0) is 30.9 Å². The molecule has 0 bridgehead atoms. The molecule has 1 aromatic carbocycles. The molecule has 5 nitrogen and oxygen atoms in total. The summed E-state index contributed by atoms with van der Waals surface area (Å²) in [4.78, 5) is 10.4. The molecule has 1 aliphatic heterocycles. The van der Waals surface area contributed by atoms with Gasteiger partial charge in [-0.1, -0.05) is 44.2 Å². The average molecular weight is 386 g/mol. The third-order valence-corrected chi connectivity index (χ3v) is 4.72. The van der Waals surface area contributed by atoms with E-state index in [9.17, 15) is 18.0 Å². The Morgan fingerprint density at radius 1 is 1.07 bits per heavy atom. The molecule has 1 aromatic rings. The molecule has 0 aromatic heterocycles. The monoisotopic (exact) mass is 386 g/mol. The van der Waals surface area contributed by atoms with Gasteiger partial charge in [-0.15, -0.1) is 10.2 Å². The van der Waals surface area contributed by atoms with Gasteiger partial charge in [-0.2, -0.15) is 13.2 Å². The first-order valence-corrected chi connectivity index (χ1v) is 9.20. The number of rotatable bonds is 12. The number of aryl methyl sites for hydroxylation is 1. The van der Waals surface area contributed by atoms with Crippen LogP contribution < -0.4 is 4.74 Å². The maximum Gasteiger partial charge on any atom is 0.442 e. The molecule has 0 aliphatic carbocycles. The van der Waals surface area contributed by atoms with Gasteiger partial charge >= 0.3 is 17.8 Å². The van der Waals surface area contributed by atoms with Crippen molar-refractivity contribution in [2.75, 3.05) is 7.11 Å². The van der Waals surface area contributed by atoms with E-state index in [1.165, 1.54) is 19.2 Å². The molecular weight excluding hydrogens is 361 g/mol. The highest BCUT2D eigenvalue weighted by Crippen LogP contribution is 2.53. The van der Waals surface area contributed by atoms with Gasteiger partial charge in [0.15, 0.2) is 0 Å². The summed E-state index contributed by atoms with van der Waals surface area (Å²) >= 11 is 0. The number of carboxylic acids is 1. The number of nitrogens with zero attached hydrogens (tertiary/aromatic N) is 2. The third-order valence-electron chi connectivity index (χ3n) is 4.72. The van der Waals surface area contributed by atoms with Crippen molar-refractivity contribution in [3.05, 3.63) is 29.3 Å². The lowest BCUT2D eigenvalue weighted by Gasteiger charge is -2.17. The molecule has 1 N–H and O–H groups in total. The lowest BCUT2D eigenvalue weighted by atomic mass is 9.97. The molecule has 0 fully saturated rings. The predicted octanol–water partition coefficient (Wildman–Crippen LogP) is 5.62. The molecule has 0 atom stereocenters. The summed E-state index contributed by atoms with van der Waals surface area (Å²) in [5.41, 5.74) is -1.56. The lowest BCUT2D eigenvalue weighted by molar-refractivity contribution is -0.166. The Morgan fingerprint density at radius 2 is 1.67 bits per heavy atom. The number of benzene rings is 1. The summed E-state index contributed by atoms with van der Waals surface area (Å²) in [6, 6.07) is 4.47. The first-order chi connectivity index (χ1) is 12.8. The minimum absolute atomic E-state index is 0.0167. The largest absolute Gasteiger partial charge is 0.496 e. The summed E-state index contributed by atoms with van der Waals surface area (Å²) < 4.78 is 44.6. The second-order valence-electron chi connectivity index (χ2n) is 6.77. The van der Waals surface area contributed by atoms with Gasteiger partial charge in [0.05, 0.1) is 7.11 Å². The molecule has 2 rings (SSSR count). The minimum atomic E-state index is -4.54. The highest BCUT2D eigenvalue weighted by Gasteiger charge is 2.65. The number of carbonyl (C=O) groups is 1. The fraction of sp³-hybridized carbons (Fsp3) is 0.632. The highest BCUT2D eigenvalue weighted by molar-refractivity contribution is 5.66. The fourth-order valence-corrected chi connectivity index (χ4v) is 3.09. The van der Waals surface area contributed by atoms with Crippen LogP contribution in [0, 0.1) is 0 Å². The Balaban J connectivity index is 1.75. The van der Waals surface area contributed by atoms with Crippen molar-refractivity contribution >= 4 is 5.97 Å². The van der Waals surface area contributed by atoms with E-state index in [1.807, 2.05) is 0 Å². The zero-order valence-electron chi connectivity index (χ0n) is 15.4. The Kier molecular flexibility index (Phi) is 7.21. The SMILES string of the molecule is COc1cc(C2(C(F)(F)F)N=N2)ccc1CCCCCCCCCC(=O)O. The lowest BCUT2D eigenvalue weighted by Crippen LogP contribution is -2.30. The molecule has 0 radical (unpaired) electrons. The van der Waals surface area contributed by atoms with Crippen LogP contribution in [0.15, 0.2) is 28.4 Å². The second-order valence-corrected chi connectivity index (χ2v) is 6.77. The van der Waals surface area contributed by atoms with Crippen LogP contribution in [0.1, 0.15) is 62.5 Å². The van der Waals surface area contributed by atoms with Crippen molar-refractivity contribution in [1.29, 1.82) is 0 Å². The first-order valence-electron chi connectivity index (χ1n) is 9.20. The molecule has 0 unspecified atom stereocenters. The van der Waals surface area contributed by atoms with E-state index < -0.39 is 17.8 Å². The van der Waals surface area contributed by atoms with Gasteiger partial charge in [-0.3, -0.25) is 4.79 Å². The number of methoxy groups -OCH3 is 1. The Morgan fingerprint density at radius 3 is 2.19 bits per heavy atom. The van der Waals surface area contributed by atoms with Gasteiger partial charge in [0.2, 0.25) is 0 Å². The minimum Gasteiger partial charge on any atom is -0.496 e. The molecule has 1 aliphatic rings. The summed E-state index contributed by atoms with van der Waals surface area (Å²) in [7, 11) is 1.45. The number of hydrogen-bond donors (Lipinski definition) is 1. The van der Waals surface area contributed by atoms with E-state index in [0.717, 1.165) is 56.9 Å². The number of alkyl halides is 3. The highest BCUT2D eigenvalue weighted by atomic mass is 19.4. The topological polar surface area (TPSA) is 71.2 Å². The van der Waals surface area contributed by atoms with E-state index in [1.54, 1.807) is 6.07 Å². The van der Waals surface area contributed by atoms with Crippen LogP contribution in [0.25, 0.3) is 0 Å². The molecule has 0 spiro atoms. The van der Waals surface area contributed by atoms with Crippen molar-refractivity contribution in [3.63, 3.8) is 0 Å². The molecule has 8 heteroatoms. The van der Waals surface area contributed by atoms with Crippen molar-refractivity contribution in [2.24, 2.45) is 10.2 Å². The molecule has 1 heterocycles. The van der Waals surface area contributed by atoms with E-state index in [4.69, 9.17) is 9.84 Å². The van der Waals surface area contributed by atoms with Gasteiger partial charge < -0.3 is 9.84 Å². The first kappa shape index (κ1) is 21.2. The number of unbranched alkanes of at least 4 members (excludes halogenated alkanes) is 6. The van der Waals surface area contributed by atoms with Crippen molar-refractivity contribution in [1.82, 2.24) is 0 Å². The number of carboxylic acid groups (broad SMARTS) is 1. The van der Waals surface area contributed by atoms with Crippen LogP contribution in [-0.2, 0) is 16.9 Å². The second kappa shape index (κ2) is 9.19. The summed E-state index contributed by atoms with van der Waals surface area (Å²) in [5.74, 6) is -0.317.